The zero-order valence-electron chi connectivity index (χ0n) is 54.6. The fourth-order valence-electron chi connectivity index (χ4n) is 10.9. The molecule has 0 aliphatic heterocycles. The van der Waals surface area contributed by atoms with Crippen LogP contribution in [-0.4, -0.2) is 37.2 Å². The number of carbonyl (C=O) groups excluding carboxylic acids is 3. The predicted molar refractivity (Wildman–Crippen MR) is 353 cm³/mol. The molecule has 0 amide bonds. The van der Waals surface area contributed by atoms with Gasteiger partial charge in [-0.3, -0.25) is 14.4 Å². The van der Waals surface area contributed by atoms with Gasteiger partial charge in [0.2, 0.25) is 0 Å². The van der Waals surface area contributed by atoms with Crippen molar-refractivity contribution in [1.29, 1.82) is 0 Å². The van der Waals surface area contributed by atoms with Crippen LogP contribution in [0.5, 0.6) is 0 Å². The van der Waals surface area contributed by atoms with Crippen molar-refractivity contribution in [3.05, 3.63) is 48.6 Å². The maximum absolute atomic E-state index is 12.9. The first-order valence-electron chi connectivity index (χ1n) is 36.1. The summed E-state index contributed by atoms with van der Waals surface area (Å²) in [5, 5.41) is 0. The summed E-state index contributed by atoms with van der Waals surface area (Å²) in [7, 11) is 0. The largest absolute Gasteiger partial charge is 0.462 e. The van der Waals surface area contributed by atoms with Gasteiger partial charge >= 0.3 is 17.9 Å². The molecule has 1 atom stereocenters. The molecule has 81 heavy (non-hydrogen) atoms. The van der Waals surface area contributed by atoms with Crippen LogP contribution in [0.4, 0.5) is 0 Å². The molecule has 0 N–H and O–H groups in total. The van der Waals surface area contributed by atoms with E-state index in [4.69, 9.17) is 14.2 Å². The highest BCUT2D eigenvalue weighted by molar-refractivity contribution is 5.71. The highest BCUT2D eigenvalue weighted by Crippen LogP contribution is 2.19. The van der Waals surface area contributed by atoms with Crippen molar-refractivity contribution < 1.29 is 28.6 Å². The third-order valence-electron chi connectivity index (χ3n) is 16.3. The fourth-order valence-corrected chi connectivity index (χ4v) is 10.9. The number of allylic oxidation sites excluding steroid dienone is 8. The van der Waals surface area contributed by atoms with Gasteiger partial charge in [-0.25, -0.2) is 0 Å². The lowest BCUT2D eigenvalue weighted by Gasteiger charge is -2.18. The summed E-state index contributed by atoms with van der Waals surface area (Å²) in [4.78, 5) is 38.3. The molecular formula is C75H138O6. The van der Waals surface area contributed by atoms with Crippen LogP contribution in [0, 0.1) is 0 Å². The molecule has 0 aromatic carbocycles. The molecule has 0 rings (SSSR count). The highest BCUT2D eigenvalue weighted by atomic mass is 16.6. The van der Waals surface area contributed by atoms with Gasteiger partial charge in [-0.15, -0.1) is 0 Å². The van der Waals surface area contributed by atoms with E-state index in [-0.39, 0.29) is 31.1 Å². The molecule has 0 aromatic rings. The van der Waals surface area contributed by atoms with E-state index in [1.165, 1.54) is 257 Å². The van der Waals surface area contributed by atoms with Gasteiger partial charge in [0, 0.05) is 19.3 Å². The summed E-state index contributed by atoms with van der Waals surface area (Å²) in [5.74, 6) is -0.900. The Morgan fingerprint density at radius 2 is 0.481 bits per heavy atom. The lowest BCUT2D eigenvalue weighted by molar-refractivity contribution is -0.167. The monoisotopic (exact) mass is 1140 g/mol. The number of unbranched alkanes of at least 4 members (excludes halogenated alkanes) is 48. The van der Waals surface area contributed by atoms with Gasteiger partial charge in [0.25, 0.3) is 0 Å². The molecule has 0 spiro atoms. The summed E-state index contributed by atoms with van der Waals surface area (Å²) in [5.41, 5.74) is 0. The number of hydrogen-bond acceptors (Lipinski definition) is 6. The Balaban J connectivity index is 4.08. The third-order valence-corrected chi connectivity index (χ3v) is 16.3. The zero-order valence-corrected chi connectivity index (χ0v) is 54.6. The predicted octanol–water partition coefficient (Wildman–Crippen LogP) is 24.9. The SMILES string of the molecule is CC/C=C\C/C=C\C/C=C\CCCCCC(=O)OCC(COC(=O)CCCCCCCCCCCCCCCCCCCCCCCCCCCCCCCCCCCC)OC(=O)CCCCCCC/C=C\CCCCCCCCC. The van der Waals surface area contributed by atoms with E-state index < -0.39 is 6.10 Å². The van der Waals surface area contributed by atoms with Crippen molar-refractivity contribution in [1.82, 2.24) is 0 Å². The van der Waals surface area contributed by atoms with Gasteiger partial charge in [0.15, 0.2) is 6.10 Å². The van der Waals surface area contributed by atoms with Crippen LogP contribution < -0.4 is 0 Å². The summed E-state index contributed by atoms with van der Waals surface area (Å²) in [6, 6.07) is 0. The second-order valence-electron chi connectivity index (χ2n) is 24.5. The molecule has 0 saturated carbocycles. The number of ether oxygens (including phenoxy) is 3. The molecule has 0 aliphatic carbocycles. The number of esters is 3. The molecule has 0 heterocycles. The van der Waals surface area contributed by atoms with Gasteiger partial charge in [-0.2, -0.15) is 0 Å². The van der Waals surface area contributed by atoms with E-state index in [1.807, 2.05) is 0 Å². The molecule has 0 aromatic heterocycles. The second kappa shape index (κ2) is 69.9. The van der Waals surface area contributed by atoms with Crippen LogP contribution in [0.2, 0.25) is 0 Å². The van der Waals surface area contributed by atoms with E-state index in [0.29, 0.717) is 19.3 Å². The highest BCUT2D eigenvalue weighted by Gasteiger charge is 2.19. The maximum atomic E-state index is 12.9. The van der Waals surface area contributed by atoms with Crippen LogP contribution in [0.1, 0.15) is 393 Å². The van der Waals surface area contributed by atoms with Crippen molar-refractivity contribution in [2.45, 2.75) is 399 Å². The van der Waals surface area contributed by atoms with Gasteiger partial charge in [0.1, 0.15) is 13.2 Å². The first-order chi connectivity index (χ1) is 40.0. The van der Waals surface area contributed by atoms with E-state index in [0.717, 1.165) is 96.3 Å². The molecule has 0 fully saturated rings. The molecule has 1 unspecified atom stereocenters. The second-order valence-corrected chi connectivity index (χ2v) is 24.5. The normalized spacial score (nSPS) is 12.3. The summed E-state index contributed by atoms with van der Waals surface area (Å²) < 4.78 is 16.9. The van der Waals surface area contributed by atoms with Crippen LogP contribution in [0.3, 0.4) is 0 Å². The standard InChI is InChI=1S/C75H138O6/c1-4-7-10-13-16-19-22-25-27-29-30-31-32-33-34-35-36-37-38-39-40-41-42-43-44-45-46-48-50-53-56-59-62-65-68-74(77)80-71-72(70-79-73(76)67-64-61-58-55-52-49-24-21-18-15-12-9-6-3)81-75(78)69-66-63-60-57-54-51-47-28-26-23-20-17-14-11-8-5-2/h9,12,18,21,28,47,49,52,72H,4-8,10-11,13-17,19-20,22-27,29-46,48,50-51,53-71H2,1-3H3/b12-9-,21-18-,47-28-,52-49-. The minimum atomic E-state index is -0.789. The Morgan fingerprint density at radius 1 is 0.259 bits per heavy atom. The summed E-state index contributed by atoms with van der Waals surface area (Å²) in [6.45, 7) is 6.55. The van der Waals surface area contributed by atoms with E-state index in [1.54, 1.807) is 0 Å². The molecular weight excluding hydrogens is 997 g/mol. The van der Waals surface area contributed by atoms with Gasteiger partial charge in [0.05, 0.1) is 0 Å². The van der Waals surface area contributed by atoms with E-state index in [2.05, 4.69) is 69.4 Å². The molecule has 474 valence electrons. The maximum Gasteiger partial charge on any atom is 0.306 e. The van der Waals surface area contributed by atoms with Crippen LogP contribution in [-0.2, 0) is 28.6 Å². The Kier molecular flexibility index (Phi) is 67.6. The lowest BCUT2D eigenvalue weighted by atomic mass is 10.0. The number of hydrogen-bond donors (Lipinski definition) is 0. The minimum Gasteiger partial charge on any atom is -0.462 e. The van der Waals surface area contributed by atoms with Crippen molar-refractivity contribution >= 4 is 17.9 Å². The van der Waals surface area contributed by atoms with Crippen molar-refractivity contribution in [2.24, 2.45) is 0 Å². The van der Waals surface area contributed by atoms with E-state index >= 15 is 0 Å². The Morgan fingerprint density at radius 3 is 0.778 bits per heavy atom. The zero-order chi connectivity index (χ0) is 58.5. The topological polar surface area (TPSA) is 78.9 Å². The molecule has 6 nitrogen and oxygen atoms in total. The first kappa shape index (κ1) is 78.4. The molecule has 0 radical (unpaired) electrons. The lowest BCUT2D eigenvalue weighted by Crippen LogP contribution is -2.30. The van der Waals surface area contributed by atoms with Crippen LogP contribution in [0.15, 0.2) is 48.6 Å². The number of rotatable bonds is 67. The average Bonchev–Trinajstić information content (AvgIpc) is 3.46. The quantitative estimate of drug-likeness (QED) is 0.0261. The molecule has 0 bridgehead atoms. The van der Waals surface area contributed by atoms with Gasteiger partial charge < -0.3 is 14.2 Å². The third kappa shape index (κ3) is 68.0. The first-order valence-corrected chi connectivity index (χ1v) is 36.1. The van der Waals surface area contributed by atoms with E-state index in [9.17, 15) is 14.4 Å². The van der Waals surface area contributed by atoms with Gasteiger partial charge in [-0.05, 0) is 77.0 Å². The summed E-state index contributed by atoms with van der Waals surface area (Å²) in [6.07, 6.45) is 88.9. The van der Waals surface area contributed by atoms with Crippen molar-refractivity contribution in [2.75, 3.05) is 13.2 Å². The Hall–Kier alpha value is -2.63. The van der Waals surface area contributed by atoms with Crippen molar-refractivity contribution in [3.63, 3.8) is 0 Å². The van der Waals surface area contributed by atoms with Gasteiger partial charge in [-0.1, -0.05) is 345 Å². The fraction of sp³-hybridized carbons (Fsp3) is 0.853. The average molecular weight is 1140 g/mol. The van der Waals surface area contributed by atoms with Crippen molar-refractivity contribution in [3.8, 4) is 0 Å². The number of carbonyl (C=O) groups is 3. The minimum absolute atomic E-state index is 0.0824. The molecule has 0 aliphatic rings. The molecule has 0 saturated heterocycles. The Bertz CT molecular complexity index is 1400. The molecule has 6 heteroatoms. The Labute approximate surface area is 505 Å². The van der Waals surface area contributed by atoms with Crippen LogP contribution >= 0.6 is 0 Å². The smallest absolute Gasteiger partial charge is 0.306 e. The van der Waals surface area contributed by atoms with Crippen LogP contribution in [0.25, 0.3) is 0 Å². The summed E-state index contributed by atoms with van der Waals surface area (Å²) >= 11 is 0.